The second-order valence-corrected chi connectivity index (χ2v) is 3.92. The maximum atomic E-state index is 10.9. The molecule has 0 amide bonds. The summed E-state index contributed by atoms with van der Waals surface area (Å²) >= 11 is 1.98. The molecule has 0 saturated carbocycles. The molecule has 0 radical (unpaired) electrons. The fraction of sp³-hybridized carbons (Fsp3) is 0.625. The number of carbonyl (C=O) groups is 1. The molecule has 0 atom stereocenters. The summed E-state index contributed by atoms with van der Waals surface area (Å²) in [5.74, 6) is -0.280. The average Bonchev–Trinajstić information content (AvgIpc) is 1.98. The lowest BCUT2D eigenvalue weighted by Gasteiger charge is -2.36. The number of esters is 1. The fourth-order valence-electron chi connectivity index (χ4n) is 0.879. The molecule has 1 aliphatic heterocycles. The van der Waals surface area contributed by atoms with E-state index in [1.54, 1.807) is 4.08 Å². The Morgan fingerprint density at radius 3 is 2.83 bits per heavy atom. The molecule has 1 rings (SSSR count). The maximum absolute atomic E-state index is 10.9. The van der Waals surface area contributed by atoms with Gasteiger partial charge in [0.2, 0.25) is 0 Å². The van der Waals surface area contributed by atoms with E-state index in [9.17, 15) is 4.79 Å². The second-order valence-electron chi connectivity index (χ2n) is 3.20. The van der Waals surface area contributed by atoms with Crippen LogP contribution in [-0.4, -0.2) is 25.8 Å². The molecule has 0 spiro atoms. The first-order chi connectivity index (χ1) is 5.66. The summed E-state index contributed by atoms with van der Waals surface area (Å²) in [6, 6.07) is 0. The highest BCUT2D eigenvalue weighted by atomic mass is 127. The zero-order valence-electron chi connectivity index (χ0n) is 6.88. The molecule has 0 aromatic heterocycles. The van der Waals surface area contributed by atoms with Gasteiger partial charge in [-0.15, -0.1) is 0 Å². The topological polar surface area (TPSA) is 35.5 Å². The van der Waals surface area contributed by atoms with Gasteiger partial charge >= 0.3 is 5.97 Å². The highest BCUT2D eigenvalue weighted by Gasteiger charge is 2.34. The molecule has 0 aliphatic carbocycles. The van der Waals surface area contributed by atoms with E-state index in [1.165, 1.54) is 6.08 Å². The van der Waals surface area contributed by atoms with E-state index in [4.69, 9.17) is 9.47 Å². The SMILES string of the molecule is CC1(COC(=O)/C=C\I)COC1. The number of hydrogen-bond acceptors (Lipinski definition) is 3. The smallest absolute Gasteiger partial charge is 0.331 e. The predicted octanol–water partition coefficient (Wildman–Crippen LogP) is 1.51. The van der Waals surface area contributed by atoms with Gasteiger partial charge in [0.05, 0.1) is 13.2 Å². The van der Waals surface area contributed by atoms with Crippen molar-refractivity contribution in [3.63, 3.8) is 0 Å². The van der Waals surface area contributed by atoms with E-state index in [-0.39, 0.29) is 11.4 Å². The van der Waals surface area contributed by atoms with Gasteiger partial charge in [-0.05, 0) is 4.08 Å². The zero-order valence-corrected chi connectivity index (χ0v) is 9.04. The fourth-order valence-corrected chi connectivity index (χ4v) is 1.17. The van der Waals surface area contributed by atoms with Crippen LogP contribution in [-0.2, 0) is 14.3 Å². The molecule has 0 bridgehead atoms. The number of hydrogen-bond donors (Lipinski definition) is 0. The van der Waals surface area contributed by atoms with E-state index in [0.29, 0.717) is 19.8 Å². The molecule has 0 N–H and O–H groups in total. The highest BCUT2D eigenvalue weighted by Crippen LogP contribution is 2.26. The zero-order chi connectivity index (χ0) is 9.03. The van der Waals surface area contributed by atoms with E-state index in [0.717, 1.165) is 0 Å². The lowest BCUT2D eigenvalue weighted by molar-refractivity contribution is -0.160. The van der Waals surface area contributed by atoms with Crippen molar-refractivity contribution < 1.29 is 14.3 Å². The molecule has 3 nitrogen and oxygen atoms in total. The maximum Gasteiger partial charge on any atom is 0.331 e. The van der Waals surface area contributed by atoms with Crippen molar-refractivity contribution in [3.8, 4) is 0 Å². The van der Waals surface area contributed by atoms with Crippen molar-refractivity contribution in [2.24, 2.45) is 5.41 Å². The third-order valence-electron chi connectivity index (χ3n) is 1.66. The van der Waals surface area contributed by atoms with Gasteiger partial charge in [0.1, 0.15) is 6.61 Å². The van der Waals surface area contributed by atoms with Crippen LogP contribution in [0.15, 0.2) is 10.2 Å². The summed E-state index contributed by atoms with van der Waals surface area (Å²) in [6.07, 6.45) is 1.41. The molecule has 12 heavy (non-hydrogen) atoms. The Kier molecular flexibility index (Phi) is 3.52. The summed E-state index contributed by atoms with van der Waals surface area (Å²) < 4.78 is 11.6. The van der Waals surface area contributed by atoms with Crippen LogP contribution in [0.4, 0.5) is 0 Å². The molecule has 1 heterocycles. The minimum absolute atomic E-state index is 0.0504. The lowest BCUT2D eigenvalue weighted by Crippen LogP contribution is -2.43. The third-order valence-corrected chi connectivity index (χ3v) is 2.02. The molecular weight excluding hydrogens is 271 g/mol. The lowest BCUT2D eigenvalue weighted by atomic mass is 9.90. The van der Waals surface area contributed by atoms with Gasteiger partial charge in [-0.25, -0.2) is 4.79 Å². The van der Waals surface area contributed by atoms with Crippen molar-refractivity contribution in [2.45, 2.75) is 6.92 Å². The molecule has 68 valence electrons. The average molecular weight is 282 g/mol. The molecule has 1 aliphatic rings. The molecule has 1 fully saturated rings. The number of carbonyl (C=O) groups excluding carboxylic acids is 1. The van der Waals surface area contributed by atoms with Crippen molar-refractivity contribution in [1.82, 2.24) is 0 Å². The number of ether oxygens (including phenoxy) is 2. The highest BCUT2D eigenvalue weighted by molar-refractivity contribution is 14.1. The monoisotopic (exact) mass is 282 g/mol. The van der Waals surface area contributed by atoms with Crippen LogP contribution in [0.1, 0.15) is 6.92 Å². The minimum atomic E-state index is -0.280. The summed E-state index contributed by atoms with van der Waals surface area (Å²) in [6.45, 7) is 3.87. The second kappa shape index (κ2) is 4.23. The Bertz CT molecular complexity index is 196. The van der Waals surface area contributed by atoms with Crippen LogP contribution < -0.4 is 0 Å². The minimum Gasteiger partial charge on any atom is -0.462 e. The van der Waals surface area contributed by atoms with Crippen molar-refractivity contribution in [3.05, 3.63) is 10.2 Å². The Balaban J connectivity index is 2.20. The van der Waals surface area contributed by atoms with E-state index in [2.05, 4.69) is 0 Å². The summed E-state index contributed by atoms with van der Waals surface area (Å²) in [4.78, 5) is 10.9. The number of halogens is 1. The molecule has 0 unspecified atom stereocenters. The van der Waals surface area contributed by atoms with Gasteiger partial charge in [0.25, 0.3) is 0 Å². The molecule has 4 heteroatoms. The van der Waals surface area contributed by atoms with Crippen LogP contribution in [0.5, 0.6) is 0 Å². The first-order valence-electron chi connectivity index (χ1n) is 3.68. The van der Waals surface area contributed by atoms with E-state index in [1.807, 2.05) is 29.5 Å². The van der Waals surface area contributed by atoms with Crippen molar-refractivity contribution >= 4 is 28.6 Å². The number of rotatable bonds is 3. The van der Waals surface area contributed by atoms with Gasteiger partial charge in [0, 0.05) is 11.5 Å². The third kappa shape index (κ3) is 2.75. The van der Waals surface area contributed by atoms with Gasteiger partial charge < -0.3 is 9.47 Å². The summed E-state index contributed by atoms with van der Waals surface area (Å²) in [5, 5.41) is 0. The van der Waals surface area contributed by atoms with Crippen molar-refractivity contribution in [1.29, 1.82) is 0 Å². The first kappa shape index (κ1) is 9.98. The Hall–Kier alpha value is -0.100. The van der Waals surface area contributed by atoms with Crippen LogP contribution >= 0.6 is 22.6 Å². The van der Waals surface area contributed by atoms with Crippen LogP contribution in [0.3, 0.4) is 0 Å². The standard InChI is InChI=1S/C8H11IO3/c1-8(4-11-5-8)6-12-7(10)2-3-9/h2-3H,4-6H2,1H3/b3-2-. The summed E-state index contributed by atoms with van der Waals surface area (Å²) in [7, 11) is 0. The van der Waals surface area contributed by atoms with Crippen LogP contribution in [0.2, 0.25) is 0 Å². The first-order valence-corrected chi connectivity index (χ1v) is 4.92. The summed E-state index contributed by atoms with van der Waals surface area (Å²) in [5.41, 5.74) is 0.0504. The Morgan fingerprint density at radius 2 is 2.42 bits per heavy atom. The van der Waals surface area contributed by atoms with Crippen molar-refractivity contribution in [2.75, 3.05) is 19.8 Å². The van der Waals surface area contributed by atoms with E-state index < -0.39 is 0 Å². The van der Waals surface area contributed by atoms with Gasteiger partial charge in [0.15, 0.2) is 0 Å². The van der Waals surface area contributed by atoms with E-state index >= 15 is 0 Å². The Morgan fingerprint density at radius 1 is 1.75 bits per heavy atom. The van der Waals surface area contributed by atoms with Gasteiger partial charge in [-0.3, -0.25) is 0 Å². The predicted molar refractivity (Wildman–Crippen MR) is 53.0 cm³/mol. The van der Waals surface area contributed by atoms with Crippen LogP contribution in [0.25, 0.3) is 0 Å². The molecule has 0 aromatic carbocycles. The quantitative estimate of drug-likeness (QED) is 0.447. The Labute approximate surface area is 85.2 Å². The largest absolute Gasteiger partial charge is 0.462 e. The molecular formula is C8H11IO3. The van der Waals surface area contributed by atoms with Gasteiger partial charge in [-0.2, -0.15) is 0 Å². The normalized spacial score (nSPS) is 20.5. The van der Waals surface area contributed by atoms with Crippen LogP contribution in [0, 0.1) is 5.41 Å². The molecule has 0 aromatic rings. The van der Waals surface area contributed by atoms with Gasteiger partial charge in [-0.1, -0.05) is 29.5 Å². The molecule has 1 saturated heterocycles.